The van der Waals surface area contributed by atoms with E-state index in [1.165, 1.54) is 11.3 Å². The number of aryl methyl sites for hydroxylation is 1. The van der Waals surface area contributed by atoms with Gasteiger partial charge >= 0.3 is 0 Å². The second kappa shape index (κ2) is 12.5. The highest BCUT2D eigenvalue weighted by Gasteiger charge is 2.19. The highest BCUT2D eigenvalue weighted by Crippen LogP contribution is 2.28. The van der Waals surface area contributed by atoms with E-state index in [4.69, 9.17) is 10.5 Å². The summed E-state index contributed by atoms with van der Waals surface area (Å²) in [6.07, 6.45) is 3.93. The minimum Gasteiger partial charge on any atom is -0.496 e. The molecular formula is C32H29N5O4S. The van der Waals surface area contributed by atoms with Gasteiger partial charge in [0.15, 0.2) is 0 Å². The molecule has 42 heavy (non-hydrogen) atoms. The number of carbonyl (C=O) groups excluding carboxylic acids is 3. The molecular weight excluding hydrogens is 550 g/mol. The Labute approximate surface area is 246 Å². The molecule has 0 unspecified atom stereocenters. The first-order valence-corrected chi connectivity index (χ1v) is 14.0. The molecule has 3 amide bonds. The molecule has 0 fully saturated rings. The van der Waals surface area contributed by atoms with Crippen LogP contribution in [0, 0.1) is 0 Å². The number of benzene rings is 3. The van der Waals surface area contributed by atoms with Crippen LogP contribution in [-0.4, -0.2) is 41.4 Å². The van der Waals surface area contributed by atoms with Crippen LogP contribution in [0.5, 0.6) is 5.75 Å². The standard InChI is InChI=1S/C32H29N5O4S/c1-36(31(40)22-9-4-3-5-10-22)23-13-16-26-25(20-23)34-32(37(26)19-18-29(33)38)35-30(39)28-17-15-24(42-28)14-12-21-8-6-7-11-27(21)41-2/h3-17,20H,18-19H2,1-2H3,(H2,33,38)(H,34,35,39)/b14-12+. The van der Waals surface area contributed by atoms with Crippen LogP contribution in [0.25, 0.3) is 23.2 Å². The summed E-state index contributed by atoms with van der Waals surface area (Å²) in [6.45, 7) is 0.233. The van der Waals surface area contributed by atoms with Crippen LogP contribution in [0.15, 0.2) is 84.9 Å². The molecule has 3 N–H and O–H groups in total. The number of amides is 3. The number of anilines is 2. The molecule has 0 radical (unpaired) electrons. The first kappa shape index (κ1) is 28.3. The van der Waals surface area contributed by atoms with E-state index in [9.17, 15) is 14.4 Å². The topological polar surface area (TPSA) is 120 Å². The van der Waals surface area contributed by atoms with E-state index >= 15 is 0 Å². The Hall–Kier alpha value is -5.22. The summed E-state index contributed by atoms with van der Waals surface area (Å²) in [5.74, 6) is 0.0830. The third kappa shape index (κ3) is 6.24. The third-order valence-electron chi connectivity index (χ3n) is 6.67. The normalized spacial score (nSPS) is 11.1. The smallest absolute Gasteiger partial charge is 0.268 e. The van der Waals surface area contributed by atoms with Gasteiger partial charge in [0.25, 0.3) is 11.8 Å². The highest BCUT2D eigenvalue weighted by atomic mass is 32.1. The number of rotatable bonds is 10. The first-order chi connectivity index (χ1) is 20.3. The number of imidazole rings is 1. The van der Waals surface area contributed by atoms with E-state index in [1.54, 1.807) is 54.0 Å². The van der Waals surface area contributed by atoms with E-state index in [0.29, 0.717) is 27.2 Å². The van der Waals surface area contributed by atoms with E-state index in [0.717, 1.165) is 16.2 Å². The molecule has 0 atom stereocenters. The van der Waals surface area contributed by atoms with Crippen molar-refractivity contribution in [3.63, 3.8) is 0 Å². The third-order valence-corrected chi connectivity index (χ3v) is 7.72. The Bertz CT molecular complexity index is 1790. The zero-order chi connectivity index (χ0) is 29.6. The summed E-state index contributed by atoms with van der Waals surface area (Å²) in [5.41, 5.74) is 8.81. The fraction of sp³-hybridized carbons (Fsp3) is 0.125. The van der Waals surface area contributed by atoms with Crippen molar-refractivity contribution in [2.24, 2.45) is 5.73 Å². The van der Waals surface area contributed by atoms with Crippen molar-refractivity contribution in [2.75, 3.05) is 24.4 Å². The number of ether oxygens (including phenoxy) is 1. The number of hydrogen-bond donors (Lipinski definition) is 2. The molecule has 2 heterocycles. The maximum Gasteiger partial charge on any atom is 0.268 e. The van der Waals surface area contributed by atoms with Gasteiger partial charge in [-0.2, -0.15) is 0 Å². The van der Waals surface area contributed by atoms with Gasteiger partial charge in [0.2, 0.25) is 11.9 Å². The van der Waals surface area contributed by atoms with Crippen molar-refractivity contribution >= 4 is 63.9 Å². The number of para-hydroxylation sites is 1. The number of hydrogen-bond acceptors (Lipinski definition) is 6. The number of aromatic nitrogens is 2. The zero-order valence-corrected chi connectivity index (χ0v) is 23.9. The summed E-state index contributed by atoms with van der Waals surface area (Å²) in [6, 6.07) is 25.7. The summed E-state index contributed by atoms with van der Waals surface area (Å²) in [7, 11) is 3.32. The maximum absolute atomic E-state index is 13.2. The molecule has 5 aromatic rings. The number of methoxy groups -OCH3 is 1. The maximum atomic E-state index is 13.2. The second-order valence-electron chi connectivity index (χ2n) is 9.44. The van der Waals surface area contributed by atoms with Gasteiger partial charge in [-0.3, -0.25) is 19.7 Å². The number of thiophene rings is 1. The van der Waals surface area contributed by atoms with Crippen LogP contribution in [0.3, 0.4) is 0 Å². The van der Waals surface area contributed by atoms with E-state index in [1.807, 2.05) is 66.7 Å². The van der Waals surface area contributed by atoms with E-state index in [-0.39, 0.29) is 30.7 Å². The molecule has 0 aliphatic heterocycles. The van der Waals surface area contributed by atoms with Crippen LogP contribution in [0.1, 0.15) is 36.9 Å². The second-order valence-corrected chi connectivity index (χ2v) is 10.6. The minimum absolute atomic E-state index is 0.0688. The van der Waals surface area contributed by atoms with Gasteiger partial charge < -0.3 is 19.9 Å². The molecule has 0 aliphatic rings. The number of primary amides is 1. The molecule has 0 saturated carbocycles. The van der Waals surface area contributed by atoms with Crippen LogP contribution >= 0.6 is 11.3 Å². The predicted octanol–water partition coefficient (Wildman–Crippen LogP) is 5.68. The zero-order valence-electron chi connectivity index (χ0n) is 23.1. The van der Waals surface area contributed by atoms with Gasteiger partial charge in [0.05, 0.1) is 23.0 Å². The number of carbonyl (C=O) groups is 3. The summed E-state index contributed by atoms with van der Waals surface area (Å²) < 4.78 is 7.14. The van der Waals surface area contributed by atoms with Crippen molar-refractivity contribution in [1.82, 2.24) is 9.55 Å². The largest absolute Gasteiger partial charge is 0.496 e. The lowest BCUT2D eigenvalue weighted by Gasteiger charge is -2.17. The molecule has 3 aromatic carbocycles. The van der Waals surface area contributed by atoms with Crippen LogP contribution < -0.4 is 20.7 Å². The molecule has 9 nitrogen and oxygen atoms in total. The van der Waals surface area contributed by atoms with Gasteiger partial charge in [-0.15, -0.1) is 11.3 Å². The van der Waals surface area contributed by atoms with Gasteiger partial charge in [-0.1, -0.05) is 36.4 Å². The Morgan fingerprint density at radius 2 is 1.76 bits per heavy atom. The van der Waals surface area contributed by atoms with Gasteiger partial charge in [0, 0.05) is 41.7 Å². The molecule has 0 spiro atoms. The minimum atomic E-state index is -0.469. The Balaban J connectivity index is 1.39. The Kier molecular flexibility index (Phi) is 8.44. The molecule has 0 saturated heterocycles. The Morgan fingerprint density at radius 1 is 1.00 bits per heavy atom. The Morgan fingerprint density at radius 3 is 2.52 bits per heavy atom. The van der Waals surface area contributed by atoms with Crippen LogP contribution in [-0.2, 0) is 11.3 Å². The first-order valence-electron chi connectivity index (χ1n) is 13.2. The van der Waals surface area contributed by atoms with Crippen LogP contribution in [0.2, 0.25) is 0 Å². The van der Waals surface area contributed by atoms with E-state index < -0.39 is 5.91 Å². The average molecular weight is 580 g/mol. The SMILES string of the molecule is COc1ccccc1/C=C/c1ccc(C(=O)Nc2nc3cc(N(C)C(=O)c4ccccc4)ccc3n2CCC(N)=O)s1. The molecule has 2 aromatic heterocycles. The van der Waals surface area contributed by atoms with Gasteiger partial charge in [0.1, 0.15) is 5.75 Å². The number of nitrogens with two attached hydrogens (primary N) is 1. The number of nitrogens with one attached hydrogen (secondary N) is 1. The van der Waals surface area contributed by atoms with Crippen molar-refractivity contribution in [3.8, 4) is 5.75 Å². The summed E-state index contributed by atoms with van der Waals surface area (Å²) in [5, 5.41) is 2.89. The number of fused-ring (bicyclic) bond motifs is 1. The summed E-state index contributed by atoms with van der Waals surface area (Å²) >= 11 is 1.34. The lowest BCUT2D eigenvalue weighted by molar-refractivity contribution is -0.118. The fourth-order valence-corrected chi connectivity index (χ4v) is 5.27. The lowest BCUT2D eigenvalue weighted by Crippen LogP contribution is -2.26. The lowest BCUT2D eigenvalue weighted by atomic mass is 10.2. The molecule has 0 bridgehead atoms. The fourth-order valence-electron chi connectivity index (χ4n) is 4.47. The molecule has 212 valence electrons. The van der Waals surface area contributed by atoms with Crippen LogP contribution in [0.4, 0.5) is 11.6 Å². The van der Waals surface area contributed by atoms with Crippen molar-refractivity contribution in [2.45, 2.75) is 13.0 Å². The van der Waals surface area contributed by atoms with Crippen molar-refractivity contribution in [1.29, 1.82) is 0 Å². The molecule has 5 rings (SSSR count). The number of nitrogens with zero attached hydrogens (tertiary/aromatic N) is 3. The predicted molar refractivity (Wildman–Crippen MR) is 167 cm³/mol. The van der Waals surface area contributed by atoms with Gasteiger partial charge in [-0.05, 0) is 60.7 Å². The van der Waals surface area contributed by atoms with Crippen molar-refractivity contribution in [3.05, 3.63) is 106 Å². The quantitative estimate of drug-likeness (QED) is 0.221. The molecule has 10 heteroatoms. The highest BCUT2D eigenvalue weighted by molar-refractivity contribution is 7.15. The molecule has 0 aliphatic carbocycles. The monoisotopic (exact) mass is 579 g/mol. The van der Waals surface area contributed by atoms with E-state index in [2.05, 4.69) is 10.3 Å². The summed E-state index contributed by atoms with van der Waals surface area (Å²) in [4.78, 5) is 45.4. The average Bonchev–Trinajstić information content (AvgIpc) is 3.62. The van der Waals surface area contributed by atoms with Crippen molar-refractivity contribution < 1.29 is 19.1 Å². The van der Waals surface area contributed by atoms with Gasteiger partial charge in [-0.25, -0.2) is 4.98 Å².